The van der Waals surface area contributed by atoms with Gasteiger partial charge in [-0.2, -0.15) is 0 Å². The Bertz CT molecular complexity index is 706. The Morgan fingerprint density at radius 1 is 1.17 bits per heavy atom. The van der Waals surface area contributed by atoms with Gasteiger partial charge in [0.05, 0.1) is 13.2 Å². The first-order valence-corrected chi connectivity index (χ1v) is 7.66. The van der Waals surface area contributed by atoms with Crippen LogP contribution in [0.3, 0.4) is 0 Å². The number of hydrogen-bond donors (Lipinski definition) is 0. The maximum atomic E-state index is 13.3. The number of hydrogen-bond acceptors (Lipinski definition) is 3. The summed E-state index contributed by atoms with van der Waals surface area (Å²) >= 11 is 0. The van der Waals surface area contributed by atoms with Gasteiger partial charge in [0.15, 0.2) is 0 Å². The van der Waals surface area contributed by atoms with Crippen molar-refractivity contribution in [1.82, 2.24) is 4.90 Å². The van der Waals surface area contributed by atoms with Gasteiger partial charge in [-0.1, -0.05) is 6.07 Å². The van der Waals surface area contributed by atoms with Crippen LogP contribution in [-0.2, 0) is 4.74 Å². The van der Waals surface area contributed by atoms with Crippen molar-refractivity contribution in [3.05, 3.63) is 65.7 Å². The first-order chi connectivity index (χ1) is 11.6. The van der Waals surface area contributed by atoms with Crippen molar-refractivity contribution in [2.45, 2.75) is 6.10 Å². The van der Waals surface area contributed by atoms with Crippen LogP contribution < -0.4 is 4.74 Å². The summed E-state index contributed by atoms with van der Waals surface area (Å²) in [6, 6.07) is 11.3. The Morgan fingerprint density at radius 3 is 2.71 bits per heavy atom. The van der Waals surface area contributed by atoms with Crippen molar-refractivity contribution in [3.8, 4) is 5.75 Å². The number of ether oxygens (including phenoxy) is 2. The molecule has 1 heterocycles. The minimum Gasteiger partial charge on any atom is -0.491 e. The molecule has 0 N–H and O–H groups in total. The zero-order chi connectivity index (χ0) is 16.9. The molecule has 1 saturated heterocycles. The number of halogens is 2. The lowest BCUT2D eigenvalue weighted by Gasteiger charge is -2.32. The lowest BCUT2D eigenvalue weighted by molar-refractivity contribution is -0.0401. The largest absolute Gasteiger partial charge is 0.491 e. The van der Waals surface area contributed by atoms with Gasteiger partial charge in [0, 0.05) is 12.1 Å². The molecule has 4 nitrogen and oxygen atoms in total. The fourth-order valence-corrected chi connectivity index (χ4v) is 2.53. The van der Waals surface area contributed by atoms with Crippen LogP contribution in [0.25, 0.3) is 0 Å². The predicted octanol–water partition coefficient (Wildman–Crippen LogP) is 2.88. The molecule has 126 valence electrons. The number of carbonyl (C=O) groups excluding carboxylic acids is 1. The molecule has 0 spiro atoms. The Kier molecular flexibility index (Phi) is 5.05. The molecule has 6 heteroatoms. The second kappa shape index (κ2) is 7.40. The van der Waals surface area contributed by atoms with Gasteiger partial charge in [-0.3, -0.25) is 4.79 Å². The van der Waals surface area contributed by atoms with Gasteiger partial charge in [0.25, 0.3) is 5.91 Å². The summed E-state index contributed by atoms with van der Waals surface area (Å²) in [5.74, 6) is -0.466. The van der Waals surface area contributed by atoms with E-state index >= 15 is 0 Å². The van der Waals surface area contributed by atoms with E-state index in [1.165, 1.54) is 42.5 Å². The number of carbonyl (C=O) groups is 1. The maximum absolute atomic E-state index is 13.3. The molecule has 3 rings (SSSR count). The third kappa shape index (κ3) is 4.08. The minimum absolute atomic E-state index is 0.232. The Balaban J connectivity index is 1.57. The Labute approximate surface area is 138 Å². The second-order valence-electron chi connectivity index (χ2n) is 5.52. The van der Waals surface area contributed by atoms with Gasteiger partial charge in [0.1, 0.15) is 30.1 Å². The summed E-state index contributed by atoms with van der Waals surface area (Å²) in [7, 11) is 0. The van der Waals surface area contributed by atoms with Crippen molar-refractivity contribution < 1.29 is 23.0 Å². The van der Waals surface area contributed by atoms with Crippen LogP contribution in [0.15, 0.2) is 48.5 Å². The van der Waals surface area contributed by atoms with Crippen molar-refractivity contribution in [2.24, 2.45) is 0 Å². The van der Waals surface area contributed by atoms with E-state index in [0.717, 1.165) is 0 Å². The molecule has 1 aliphatic heterocycles. The van der Waals surface area contributed by atoms with Gasteiger partial charge in [-0.15, -0.1) is 0 Å². The zero-order valence-electron chi connectivity index (χ0n) is 13.0. The van der Waals surface area contributed by atoms with E-state index in [9.17, 15) is 13.6 Å². The highest BCUT2D eigenvalue weighted by Gasteiger charge is 2.25. The third-order valence-corrected chi connectivity index (χ3v) is 3.75. The molecule has 0 radical (unpaired) electrons. The molecule has 24 heavy (non-hydrogen) atoms. The smallest absolute Gasteiger partial charge is 0.254 e. The number of benzene rings is 2. The van der Waals surface area contributed by atoms with Crippen LogP contribution in [0.1, 0.15) is 10.4 Å². The van der Waals surface area contributed by atoms with Gasteiger partial charge in [-0.05, 0) is 42.5 Å². The zero-order valence-corrected chi connectivity index (χ0v) is 13.0. The first kappa shape index (κ1) is 16.4. The quantitative estimate of drug-likeness (QED) is 0.864. The van der Waals surface area contributed by atoms with E-state index in [1.54, 1.807) is 11.0 Å². The maximum Gasteiger partial charge on any atom is 0.254 e. The van der Waals surface area contributed by atoms with Crippen LogP contribution in [0.4, 0.5) is 8.78 Å². The van der Waals surface area contributed by atoms with Crippen molar-refractivity contribution in [1.29, 1.82) is 0 Å². The highest BCUT2D eigenvalue weighted by molar-refractivity contribution is 5.94. The van der Waals surface area contributed by atoms with E-state index < -0.39 is 5.82 Å². The van der Waals surface area contributed by atoms with E-state index in [0.29, 0.717) is 31.0 Å². The number of rotatable bonds is 4. The molecule has 2 aromatic carbocycles. The Hall–Kier alpha value is -2.47. The van der Waals surface area contributed by atoms with Gasteiger partial charge in [-0.25, -0.2) is 8.78 Å². The highest BCUT2D eigenvalue weighted by Crippen LogP contribution is 2.15. The molecule has 0 aliphatic carbocycles. The second-order valence-corrected chi connectivity index (χ2v) is 5.52. The topological polar surface area (TPSA) is 38.8 Å². The molecular weight excluding hydrogens is 316 g/mol. The molecule has 1 aliphatic rings. The van der Waals surface area contributed by atoms with Crippen LogP contribution >= 0.6 is 0 Å². The van der Waals surface area contributed by atoms with E-state index in [4.69, 9.17) is 9.47 Å². The van der Waals surface area contributed by atoms with Gasteiger partial charge < -0.3 is 14.4 Å². The van der Waals surface area contributed by atoms with E-state index in [-0.39, 0.29) is 24.4 Å². The standard InChI is InChI=1S/C18H17F2NO3/c19-14-4-6-16(7-5-14)24-12-17-11-21(8-9-23-17)18(22)13-2-1-3-15(20)10-13/h1-7,10,17H,8-9,11-12H2/t17-/m1/s1. The summed E-state index contributed by atoms with van der Waals surface area (Å²) in [6.07, 6.45) is -0.290. The molecule has 0 aromatic heterocycles. The number of morpholine rings is 1. The molecule has 0 bridgehead atoms. The number of nitrogens with zero attached hydrogens (tertiary/aromatic N) is 1. The van der Waals surface area contributed by atoms with Crippen molar-refractivity contribution in [3.63, 3.8) is 0 Å². The molecule has 2 aromatic rings. The summed E-state index contributed by atoms with van der Waals surface area (Å²) in [4.78, 5) is 14.1. The molecule has 0 unspecified atom stereocenters. The third-order valence-electron chi connectivity index (χ3n) is 3.75. The molecule has 1 atom stereocenters. The average molecular weight is 333 g/mol. The fourth-order valence-electron chi connectivity index (χ4n) is 2.53. The minimum atomic E-state index is -0.440. The van der Waals surface area contributed by atoms with Gasteiger partial charge >= 0.3 is 0 Å². The summed E-state index contributed by atoms with van der Waals surface area (Å²) in [6.45, 7) is 1.44. The molecule has 1 amide bonds. The molecule has 1 fully saturated rings. The van der Waals surface area contributed by atoms with Crippen LogP contribution in [-0.4, -0.2) is 43.2 Å². The van der Waals surface area contributed by atoms with Crippen LogP contribution in [0, 0.1) is 11.6 Å². The van der Waals surface area contributed by atoms with Crippen LogP contribution in [0.2, 0.25) is 0 Å². The Morgan fingerprint density at radius 2 is 1.96 bits per heavy atom. The van der Waals surface area contributed by atoms with E-state index in [2.05, 4.69) is 0 Å². The van der Waals surface area contributed by atoms with Gasteiger partial charge in [0.2, 0.25) is 0 Å². The van der Waals surface area contributed by atoms with Crippen molar-refractivity contribution >= 4 is 5.91 Å². The average Bonchev–Trinajstić information content (AvgIpc) is 2.61. The molecule has 0 saturated carbocycles. The molecular formula is C18H17F2NO3. The van der Waals surface area contributed by atoms with Crippen molar-refractivity contribution in [2.75, 3.05) is 26.3 Å². The highest BCUT2D eigenvalue weighted by atomic mass is 19.1. The lowest BCUT2D eigenvalue weighted by atomic mass is 10.1. The monoisotopic (exact) mass is 333 g/mol. The lowest BCUT2D eigenvalue weighted by Crippen LogP contribution is -2.47. The summed E-state index contributed by atoms with van der Waals surface area (Å²) < 4.78 is 37.3. The predicted molar refractivity (Wildman–Crippen MR) is 83.9 cm³/mol. The summed E-state index contributed by atoms with van der Waals surface area (Å²) in [5, 5.41) is 0. The van der Waals surface area contributed by atoms with Crippen LogP contribution in [0.5, 0.6) is 5.75 Å². The fraction of sp³-hybridized carbons (Fsp3) is 0.278. The first-order valence-electron chi connectivity index (χ1n) is 7.66. The number of amides is 1. The normalized spacial score (nSPS) is 17.6. The van der Waals surface area contributed by atoms with E-state index in [1.807, 2.05) is 0 Å². The summed E-state index contributed by atoms with van der Waals surface area (Å²) in [5.41, 5.74) is 0.315. The SMILES string of the molecule is O=C(c1cccc(F)c1)N1CCO[C@@H](COc2ccc(F)cc2)C1.